The second-order valence-electron chi connectivity index (χ2n) is 18.7. The maximum absolute atomic E-state index is 11.4. The third-order valence-corrected chi connectivity index (χ3v) is 10.3. The molecule has 0 amide bonds. The number of hydrogen-bond donors (Lipinski definition) is 5. The Morgan fingerprint density at radius 2 is 1.49 bits per heavy atom. The first-order chi connectivity index (χ1) is 30.5. The lowest BCUT2D eigenvalue weighted by Gasteiger charge is -2.22. The van der Waals surface area contributed by atoms with Crippen molar-refractivity contribution in [1.82, 2.24) is 20.2 Å². The maximum atomic E-state index is 11.4. The van der Waals surface area contributed by atoms with E-state index in [1.165, 1.54) is 55.0 Å². The summed E-state index contributed by atoms with van der Waals surface area (Å²) in [5, 5.41) is 34.4. The molecular formula is C54H89N6O5+. The molecule has 1 aromatic heterocycles. The quantitative estimate of drug-likeness (QED) is 0.0231. The molecule has 5 N–H and O–H groups in total. The summed E-state index contributed by atoms with van der Waals surface area (Å²) >= 11 is 0. The predicted molar refractivity (Wildman–Crippen MR) is 276 cm³/mol. The Balaban J connectivity index is 0.00000130. The molecule has 0 aliphatic rings. The van der Waals surface area contributed by atoms with Gasteiger partial charge in [-0.3, -0.25) is 4.99 Å². The van der Waals surface area contributed by atoms with Crippen LogP contribution in [0.3, 0.4) is 0 Å². The van der Waals surface area contributed by atoms with Crippen LogP contribution in [0.2, 0.25) is 0 Å². The van der Waals surface area contributed by atoms with E-state index in [0.29, 0.717) is 12.3 Å². The SMILES string of the molecule is C=CC=N/C(C)=C(/C=C(\C)C(C)(C)C)CCC.CC(C)C.CCC(C)C.CCCCCCNC(CC)COc1cc(-c2c(C)cccc2C)nc(N[N+](O)(O)c2cccc(C(=O)O)c2)n1. The van der Waals surface area contributed by atoms with Crippen LogP contribution in [-0.4, -0.2) is 56.9 Å². The fraction of sp³-hybridized carbons (Fsp3) is 0.556. The van der Waals surface area contributed by atoms with Crippen molar-refractivity contribution in [1.29, 1.82) is 0 Å². The van der Waals surface area contributed by atoms with Crippen LogP contribution >= 0.6 is 0 Å². The Morgan fingerprint density at radius 3 is 2.00 bits per heavy atom. The zero-order chi connectivity index (χ0) is 49.8. The number of hydrogen-bond acceptors (Lipinski definition) is 9. The summed E-state index contributed by atoms with van der Waals surface area (Å²) in [7, 11) is 0. The van der Waals surface area contributed by atoms with Gasteiger partial charge in [0.15, 0.2) is 0 Å². The van der Waals surface area contributed by atoms with Gasteiger partial charge < -0.3 is 15.2 Å². The van der Waals surface area contributed by atoms with E-state index in [0.717, 1.165) is 72.5 Å². The number of rotatable bonds is 21. The monoisotopic (exact) mass is 902 g/mol. The topological polar surface area (TPSA) is 149 Å². The number of aryl methyl sites for hydroxylation is 2. The minimum Gasteiger partial charge on any atom is -0.478 e. The molecule has 3 rings (SSSR count). The Labute approximate surface area is 394 Å². The third kappa shape index (κ3) is 25.6. The average molecular weight is 902 g/mol. The van der Waals surface area contributed by atoms with Crippen molar-refractivity contribution >= 4 is 23.8 Å². The van der Waals surface area contributed by atoms with E-state index in [1.54, 1.807) is 18.4 Å². The molecule has 1 unspecified atom stereocenters. The molecule has 0 radical (unpaired) electrons. The number of carboxylic acid groups (broad SMARTS) is 1. The van der Waals surface area contributed by atoms with Crippen molar-refractivity contribution in [2.75, 3.05) is 18.6 Å². The van der Waals surface area contributed by atoms with Gasteiger partial charge in [-0.1, -0.05) is 164 Å². The van der Waals surface area contributed by atoms with Crippen LogP contribution in [0.5, 0.6) is 5.88 Å². The van der Waals surface area contributed by atoms with Crippen molar-refractivity contribution in [3.63, 3.8) is 0 Å². The standard InChI is InChI=1S/C29H39N5O5.C16H27N.C5H12.C4H10/c1-5-7-8-9-16-30-23(6-2)19-39-26-18-25(27-20(3)12-10-13-21(27)4)31-29(32-26)33-34(37,38)24-15-11-14-22(17-24)28(35)36;1-8-10-15(14(4)17-11-9-2)12-13(3)16(5,6)7;1-4-5(2)3;1-4(2)3/h10-15,17-18,23,30,37-38H,5-9,16,19H2,1-4H3,(H-,31,32,33,35,36);9,11-12H,2,8,10H2,1,3-7H3;5H,4H2,1-3H3;4H,1-3H3/p+1/b;13-12+,15-14+,17-11?;;. The number of ether oxygens (including phenoxy) is 1. The molecule has 2 aromatic carbocycles. The van der Waals surface area contributed by atoms with Gasteiger partial charge in [0, 0.05) is 41.7 Å². The number of allylic oxidation sites excluding steroid dienone is 5. The molecule has 0 spiro atoms. The molecule has 11 heteroatoms. The van der Waals surface area contributed by atoms with Gasteiger partial charge in [-0.25, -0.2) is 9.78 Å². The number of aliphatic imine (C=N–C) groups is 1. The molecule has 0 aliphatic carbocycles. The molecule has 0 fully saturated rings. The predicted octanol–water partition coefficient (Wildman–Crippen LogP) is 14.9. The fourth-order valence-electron chi connectivity index (χ4n) is 5.65. The zero-order valence-electron chi connectivity index (χ0n) is 43.3. The first-order valence-electron chi connectivity index (χ1n) is 23.8. The van der Waals surface area contributed by atoms with Gasteiger partial charge in [-0.05, 0) is 93.5 Å². The van der Waals surface area contributed by atoms with Gasteiger partial charge in [0.05, 0.1) is 16.2 Å². The van der Waals surface area contributed by atoms with Crippen molar-refractivity contribution in [3.8, 4) is 17.1 Å². The number of anilines is 1. The van der Waals surface area contributed by atoms with Crippen LogP contribution in [0.25, 0.3) is 11.3 Å². The van der Waals surface area contributed by atoms with E-state index in [9.17, 15) is 20.3 Å². The smallest absolute Gasteiger partial charge is 0.335 e. The van der Waals surface area contributed by atoms with Crippen LogP contribution in [0.1, 0.15) is 170 Å². The number of nitrogens with zero attached hydrogens (tertiary/aromatic N) is 4. The summed E-state index contributed by atoms with van der Waals surface area (Å²) < 4.78 is 6.09. The molecule has 0 saturated heterocycles. The van der Waals surface area contributed by atoms with Gasteiger partial charge in [0.25, 0.3) is 5.95 Å². The summed E-state index contributed by atoms with van der Waals surface area (Å²) in [6.45, 7) is 39.5. The Hall–Kier alpha value is -4.68. The average Bonchev–Trinajstić information content (AvgIpc) is 3.23. The number of aromatic carboxylic acids is 1. The minimum absolute atomic E-state index is 0.0954. The Kier molecular flexibility index (Phi) is 29.8. The van der Waals surface area contributed by atoms with Crippen molar-refractivity contribution < 1.29 is 25.1 Å². The van der Waals surface area contributed by atoms with E-state index >= 15 is 0 Å². The first-order valence-corrected chi connectivity index (χ1v) is 23.8. The summed E-state index contributed by atoms with van der Waals surface area (Å²) in [6, 6.07) is 13.1. The van der Waals surface area contributed by atoms with Crippen LogP contribution in [-0.2, 0) is 0 Å². The molecule has 0 saturated carbocycles. The second kappa shape index (κ2) is 32.1. The summed E-state index contributed by atoms with van der Waals surface area (Å²) in [6.07, 6.45) is 14.9. The number of carbonyl (C=O) groups is 1. The lowest BCUT2D eigenvalue weighted by Crippen LogP contribution is -2.48. The highest BCUT2D eigenvalue weighted by atomic mass is 16.9. The number of carboxylic acids is 1. The second-order valence-corrected chi connectivity index (χ2v) is 18.7. The zero-order valence-corrected chi connectivity index (χ0v) is 43.3. The van der Waals surface area contributed by atoms with E-state index in [2.05, 4.69) is 135 Å². The maximum Gasteiger partial charge on any atom is 0.335 e. The van der Waals surface area contributed by atoms with Crippen molar-refractivity contribution in [2.24, 2.45) is 22.2 Å². The molecular weight excluding hydrogens is 813 g/mol. The molecule has 65 heavy (non-hydrogen) atoms. The Bertz CT molecular complexity index is 1900. The van der Waals surface area contributed by atoms with Gasteiger partial charge >= 0.3 is 5.97 Å². The van der Waals surface area contributed by atoms with E-state index < -0.39 is 10.9 Å². The van der Waals surface area contributed by atoms with Gasteiger partial charge in [0.2, 0.25) is 11.6 Å². The summed E-state index contributed by atoms with van der Waals surface area (Å²) in [5.41, 5.74) is 9.73. The molecule has 3 aromatic rings. The minimum atomic E-state index is -1.85. The molecule has 0 aliphatic heterocycles. The molecule has 0 bridgehead atoms. The number of unbranched alkanes of at least 4 members (excludes halogenated alkanes) is 3. The summed E-state index contributed by atoms with van der Waals surface area (Å²) in [4.78, 5) is 22.8. The van der Waals surface area contributed by atoms with Crippen LogP contribution in [0.4, 0.5) is 11.6 Å². The first kappa shape index (κ1) is 60.3. The number of quaternary nitrogens is 1. The fourth-order valence-corrected chi connectivity index (χ4v) is 5.65. The van der Waals surface area contributed by atoms with E-state index in [4.69, 9.17) is 4.74 Å². The van der Waals surface area contributed by atoms with E-state index in [-0.39, 0.29) is 34.5 Å². The normalized spacial score (nSPS) is 12.6. The highest BCUT2D eigenvalue weighted by molar-refractivity contribution is 5.88. The van der Waals surface area contributed by atoms with Crippen LogP contribution in [0.15, 0.2) is 89.1 Å². The lowest BCUT2D eigenvalue weighted by atomic mass is 9.86. The highest BCUT2D eigenvalue weighted by Crippen LogP contribution is 2.30. The van der Waals surface area contributed by atoms with E-state index in [1.807, 2.05) is 32.0 Å². The van der Waals surface area contributed by atoms with Gasteiger partial charge in [0.1, 0.15) is 6.61 Å². The lowest BCUT2D eigenvalue weighted by molar-refractivity contribution is -0.273. The number of nitrogens with one attached hydrogen (secondary N) is 2. The largest absolute Gasteiger partial charge is 0.478 e. The molecule has 364 valence electrons. The van der Waals surface area contributed by atoms with Crippen molar-refractivity contribution in [3.05, 3.63) is 101 Å². The van der Waals surface area contributed by atoms with Gasteiger partial charge in [-0.2, -0.15) is 4.98 Å². The molecule has 11 nitrogen and oxygen atoms in total. The Morgan fingerprint density at radius 1 is 0.892 bits per heavy atom. The molecule has 1 atom stereocenters. The van der Waals surface area contributed by atoms with Crippen LogP contribution < -0.4 is 20.4 Å². The van der Waals surface area contributed by atoms with Crippen molar-refractivity contribution in [2.45, 2.75) is 168 Å². The number of benzene rings is 2. The third-order valence-electron chi connectivity index (χ3n) is 10.3. The molecule has 1 heterocycles. The van der Waals surface area contributed by atoms with Gasteiger partial charge in [-0.15, -0.1) is 15.8 Å². The van der Waals surface area contributed by atoms with Crippen LogP contribution in [0, 0.1) is 31.1 Å². The number of aromatic nitrogens is 2. The highest BCUT2D eigenvalue weighted by Gasteiger charge is 2.31. The summed E-state index contributed by atoms with van der Waals surface area (Å²) in [5.74, 6) is 0.701.